The van der Waals surface area contributed by atoms with E-state index in [0.717, 1.165) is 0 Å². The van der Waals surface area contributed by atoms with Crippen LogP contribution in [-0.2, 0) is 23.9 Å². The van der Waals surface area contributed by atoms with Crippen molar-refractivity contribution in [2.75, 3.05) is 13.7 Å². The third-order valence-corrected chi connectivity index (χ3v) is 7.28. The Kier molecular flexibility index (Phi) is 8.85. The molecule has 9 heteroatoms. The Balaban J connectivity index is 2.05. The van der Waals surface area contributed by atoms with Gasteiger partial charge in [0, 0.05) is 44.3 Å². The number of hydrogen-bond acceptors (Lipinski definition) is 6. The summed E-state index contributed by atoms with van der Waals surface area (Å²) < 4.78 is 56.2. The molecule has 0 saturated carbocycles. The molecule has 1 saturated heterocycles. The van der Waals surface area contributed by atoms with E-state index in [1.807, 2.05) is 6.92 Å². The monoisotopic (exact) mass is 511 g/mol. The normalized spacial score (nSPS) is 29.4. The number of likely N-dealkylation sites (tertiary alicyclic amines) is 1. The number of rotatable bonds is 8. The van der Waals surface area contributed by atoms with E-state index < -0.39 is 35.6 Å². The Hall–Kier alpha value is -2.42. The second-order valence-electron chi connectivity index (χ2n) is 10.8. The van der Waals surface area contributed by atoms with Crippen LogP contribution in [0.4, 0.5) is 13.2 Å². The molecule has 200 valence electrons. The van der Waals surface area contributed by atoms with Crippen LogP contribution < -0.4 is 0 Å². The molecule has 3 aliphatic rings. The molecule has 0 N–H and O–H groups in total. The SMILES string of the molecule is COC(=O)CCC1CC(F)=C(C2C3=CC(C=O)=C(OC(C)=O)CC3CC(C)N2CC(C)(C)F)C(F)C1. The largest absolute Gasteiger partial charge is 0.469 e. The van der Waals surface area contributed by atoms with Crippen LogP contribution in [0.15, 0.2) is 34.4 Å². The lowest BCUT2D eigenvalue weighted by Gasteiger charge is -2.50. The van der Waals surface area contributed by atoms with E-state index in [9.17, 15) is 18.8 Å². The van der Waals surface area contributed by atoms with Crippen LogP contribution in [0.5, 0.6) is 0 Å². The van der Waals surface area contributed by atoms with Crippen LogP contribution in [0.2, 0.25) is 0 Å². The summed E-state index contributed by atoms with van der Waals surface area (Å²) in [6, 6.07) is -1.08. The fourth-order valence-corrected chi connectivity index (χ4v) is 5.77. The van der Waals surface area contributed by atoms with Gasteiger partial charge in [-0.25, -0.2) is 13.2 Å². The number of ether oxygens (including phenoxy) is 2. The number of alkyl halides is 2. The van der Waals surface area contributed by atoms with E-state index in [2.05, 4.69) is 4.74 Å². The smallest absolute Gasteiger partial charge is 0.307 e. The zero-order valence-corrected chi connectivity index (χ0v) is 21.6. The van der Waals surface area contributed by atoms with Gasteiger partial charge in [-0.15, -0.1) is 0 Å². The standard InChI is InChI=1S/C27H36F3NO5/c1-15-8-18-12-23(36-16(2)33)19(13-32)11-20(18)26(31(15)14-27(3,4)30)25-21(28)9-17(10-22(25)29)6-7-24(34)35-5/h11,13,15,17-18,21,26H,6-10,12,14H2,1-5H3. The number of carbonyl (C=O) groups is 3. The van der Waals surface area contributed by atoms with Gasteiger partial charge in [0.05, 0.1) is 18.7 Å². The second kappa shape index (κ2) is 11.3. The number of halogens is 3. The number of hydrogen-bond donors (Lipinski definition) is 0. The minimum Gasteiger partial charge on any atom is -0.469 e. The number of aldehydes is 1. The van der Waals surface area contributed by atoms with Gasteiger partial charge in [0.2, 0.25) is 0 Å². The van der Waals surface area contributed by atoms with Crippen molar-refractivity contribution < 1.29 is 37.0 Å². The van der Waals surface area contributed by atoms with E-state index >= 15 is 8.78 Å². The maximum Gasteiger partial charge on any atom is 0.307 e. The van der Waals surface area contributed by atoms with Crippen molar-refractivity contribution in [1.82, 2.24) is 4.90 Å². The Labute approximate surface area is 210 Å². The molecular weight excluding hydrogens is 475 g/mol. The van der Waals surface area contributed by atoms with Crippen LogP contribution in [-0.4, -0.2) is 60.7 Å². The van der Waals surface area contributed by atoms with E-state index in [0.29, 0.717) is 24.7 Å². The highest BCUT2D eigenvalue weighted by atomic mass is 19.1. The minimum absolute atomic E-state index is 0.0164. The van der Waals surface area contributed by atoms with Gasteiger partial charge in [-0.2, -0.15) is 0 Å². The minimum atomic E-state index is -1.62. The Morgan fingerprint density at radius 1 is 1.25 bits per heavy atom. The number of allylic oxidation sites excluding steroid dienone is 4. The van der Waals surface area contributed by atoms with Crippen molar-refractivity contribution >= 4 is 18.2 Å². The highest BCUT2D eigenvalue weighted by molar-refractivity contribution is 5.81. The van der Waals surface area contributed by atoms with Crippen molar-refractivity contribution in [3.8, 4) is 0 Å². The Morgan fingerprint density at radius 3 is 2.50 bits per heavy atom. The van der Waals surface area contributed by atoms with Gasteiger partial charge >= 0.3 is 11.9 Å². The van der Waals surface area contributed by atoms with Crippen LogP contribution in [0, 0.1) is 11.8 Å². The van der Waals surface area contributed by atoms with Crippen LogP contribution in [0.1, 0.15) is 66.2 Å². The predicted molar refractivity (Wildman–Crippen MR) is 128 cm³/mol. The molecule has 1 aliphatic heterocycles. The molecule has 2 aliphatic carbocycles. The lowest BCUT2D eigenvalue weighted by atomic mass is 9.70. The van der Waals surface area contributed by atoms with Gasteiger partial charge in [-0.1, -0.05) is 0 Å². The van der Waals surface area contributed by atoms with Gasteiger partial charge in [-0.3, -0.25) is 19.3 Å². The molecule has 5 unspecified atom stereocenters. The zero-order valence-electron chi connectivity index (χ0n) is 21.6. The van der Waals surface area contributed by atoms with E-state index in [1.54, 1.807) is 11.0 Å². The van der Waals surface area contributed by atoms with Gasteiger partial charge < -0.3 is 9.47 Å². The van der Waals surface area contributed by atoms with Crippen LogP contribution >= 0.6 is 0 Å². The molecule has 1 fully saturated rings. The maximum absolute atomic E-state index is 15.7. The molecule has 3 rings (SSSR count). The fourth-order valence-electron chi connectivity index (χ4n) is 5.77. The molecule has 0 aromatic rings. The van der Waals surface area contributed by atoms with E-state index in [-0.39, 0.29) is 67.0 Å². The third kappa shape index (κ3) is 6.47. The Morgan fingerprint density at radius 2 is 1.94 bits per heavy atom. The molecule has 5 atom stereocenters. The van der Waals surface area contributed by atoms with Crippen molar-refractivity contribution in [3.05, 3.63) is 34.4 Å². The maximum atomic E-state index is 15.7. The number of methoxy groups -OCH3 is 1. The van der Waals surface area contributed by atoms with Crippen molar-refractivity contribution in [2.24, 2.45) is 11.8 Å². The summed E-state index contributed by atoms with van der Waals surface area (Å²) in [4.78, 5) is 36.7. The topological polar surface area (TPSA) is 72.9 Å². The summed E-state index contributed by atoms with van der Waals surface area (Å²) in [5.41, 5.74) is -0.867. The number of nitrogens with zero attached hydrogens (tertiary/aromatic N) is 1. The fraction of sp³-hybridized carbons (Fsp3) is 0.667. The Bertz CT molecular complexity index is 980. The van der Waals surface area contributed by atoms with Gasteiger partial charge in [0.1, 0.15) is 23.4 Å². The molecule has 0 aromatic heterocycles. The molecule has 0 aromatic carbocycles. The molecule has 36 heavy (non-hydrogen) atoms. The van der Waals surface area contributed by atoms with E-state index in [1.165, 1.54) is 27.9 Å². The first-order valence-electron chi connectivity index (χ1n) is 12.5. The molecule has 0 spiro atoms. The predicted octanol–water partition coefficient (Wildman–Crippen LogP) is 5.08. The molecular formula is C27H36F3NO5. The summed E-state index contributed by atoms with van der Waals surface area (Å²) in [5, 5.41) is 0. The van der Waals surface area contributed by atoms with Gasteiger partial charge in [0.25, 0.3) is 0 Å². The van der Waals surface area contributed by atoms with Crippen molar-refractivity contribution in [2.45, 2.75) is 90.1 Å². The summed E-state index contributed by atoms with van der Waals surface area (Å²) in [6.07, 6.45) is 1.74. The molecule has 6 nitrogen and oxygen atoms in total. The van der Waals surface area contributed by atoms with Crippen molar-refractivity contribution in [3.63, 3.8) is 0 Å². The lowest BCUT2D eigenvalue weighted by molar-refractivity contribution is -0.141. The van der Waals surface area contributed by atoms with Crippen LogP contribution in [0.25, 0.3) is 0 Å². The second-order valence-corrected chi connectivity index (χ2v) is 10.8. The molecule has 0 amide bonds. The summed E-state index contributed by atoms with van der Waals surface area (Å²) in [6.45, 7) is 5.95. The number of fused-ring (bicyclic) bond motifs is 1. The average Bonchev–Trinajstić information content (AvgIpc) is 2.77. The molecule has 0 radical (unpaired) electrons. The van der Waals surface area contributed by atoms with Gasteiger partial charge in [0.15, 0.2) is 6.29 Å². The first kappa shape index (κ1) is 28.2. The third-order valence-electron chi connectivity index (χ3n) is 7.28. The van der Waals surface area contributed by atoms with Crippen LogP contribution in [0.3, 0.4) is 0 Å². The summed E-state index contributed by atoms with van der Waals surface area (Å²) in [7, 11) is 1.27. The highest BCUT2D eigenvalue weighted by Crippen LogP contribution is 2.48. The number of carbonyl (C=O) groups excluding carboxylic acids is 3. The number of esters is 2. The average molecular weight is 512 g/mol. The first-order chi connectivity index (χ1) is 16.8. The number of piperidine rings is 1. The summed E-state index contributed by atoms with van der Waals surface area (Å²) in [5.74, 6) is -1.89. The van der Waals surface area contributed by atoms with Gasteiger partial charge in [-0.05, 0) is 63.5 Å². The van der Waals surface area contributed by atoms with Crippen molar-refractivity contribution in [1.29, 1.82) is 0 Å². The zero-order chi connectivity index (χ0) is 26.8. The molecule has 0 bridgehead atoms. The highest BCUT2D eigenvalue weighted by Gasteiger charge is 2.47. The summed E-state index contributed by atoms with van der Waals surface area (Å²) >= 11 is 0. The molecule has 1 heterocycles. The van der Waals surface area contributed by atoms with E-state index in [4.69, 9.17) is 4.74 Å². The lowest BCUT2D eigenvalue weighted by Crippen LogP contribution is -2.56. The quantitative estimate of drug-likeness (QED) is 0.334. The first-order valence-corrected chi connectivity index (χ1v) is 12.5.